The first kappa shape index (κ1) is 14.0. The van der Waals surface area contributed by atoms with Crippen LogP contribution in [0, 0.1) is 11.3 Å². The number of nitriles is 1. The van der Waals surface area contributed by atoms with Crippen LogP contribution in [0.25, 0.3) is 11.1 Å². The molecule has 0 aliphatic heterocycles. The summed E-state index contributed by atoms with van der Waals surface area (Å²) in [7, 11) is 0. The van der Waals surface area contributed by atoms with E-state index in [1.54, 1.807) is 24.3 Å². The van der Waals surface area contributed by atoms with Gasteiger partial charge >= 0.3 is 0 Å². The Hall–Kier alpha value is -1.47. The minimum absolute atomic E-state index is 0.150. The van der Waals surface area contributed by atoms with E-state index >= 15 is 0 Å². The smallest absolute Gasteiger partial charge is 0.256 e. The van der Waals surface area contributed by atoms with Crippen molar-refractivity contribution < 1.29 is 0 Å². The number of rotatable bonds is 2. The number of pyridine rings is 1. The van der Waals surface area contributed by atoms with Crippen molar-refractivity contribution in [1.82, 2.24) is 4.98 Å². The van der Waals surface area contributed by atoms with Gasteiger partial charge in [-0.05, 0) is 29.8 Å². The zero-order valence-electron chi connectivity index (χ0n) is 9.51. The summed E-state index contributed by atoms with van der Waals surface area (Å²) in [5, 5.41) is 9.40. The standard InChI is InChI=1S/C13H7Cl3N2O/c14-10-5-7(6-11(15)12(10)16)9-2-1-8(3-4-17)18-13(9)19/h1-2,5-6H,3H2,(H,18,19). The maximum absolute atomic E-state index is 11.9. The van der Waals surface area contributed by atoms with E-state index in [0.29, 0.717) is 16.8 Å². The highest BCUT2D eigenvalue weighted by Gasteiger charge is 2.10. The number of benzene rings is 1. The summed E-state index contributed by atoms with van der Waals surface area (Å²) in [6.07, 6.45) is 0.150. The van der Waals surface area contributed by atoms with E-state index in [4.69, 9.17) is 40.1 Å². The summed E-state index contributed by atoms with van der Waals surface area (Å²) < 4.78 is 0. The average Bonchev–Trinajstić information content (AvgIpc) is 2.36. The molecular weight excluding hydrogens is 307 g/mol. The highest BCUT2D eigenvalue weighted by molar-refractivity contribution is 6.48. The number of H-pyrrole nitrogens is 1. The molecule has 0 saturated carbocycles. The van der Waals surface area contributed by atoms with Gasteiger partial charge in [0.05, 0.1) is 27.6 Å². The lowest BCUT2D eigenvalue weighted by Crippen LogP contribution is -2.11. The molecule has 1 aromatic heterocycles. The first-order valence-electron chi connectivity index (χ1n) is 5.27. The number of nitrogens with one attached hydrogen (secondary N) is 1. The monoisotopic (exact) mass is 312 g/mol. The van der Waals surface area contributed by atoms with Crippen LogP contribution in [0.2, 0.25) is 15.1 Å². The molecular formula is C13H7Cl3N2O. The van der Waals surface area contributed by atoms with Crippen molar-refractivity contribution in [1.29, 1.82) is 5.26 Å². The second-order valence-electron chi connectivity index (χ2n) is 3.82. The molecule has 0 saturated heterocycles. The molecule has 1 aromatic carbocycles. The van der Waals surface area contributed by atoms with Crippen LogP contribution in [0.1, 0.15) is 5.69 Å². The second kappa shape index (κ2) is 5.66. The third-order valence-corrected chi connectivity index (χ3v) is 3.73. The van der Waals surface area contributed by atoms with Crippen molar-refractivity contribution in [2.24, 2.45) is 0 Å². The molecule has 0 radical (unpaired) electrons. The molecule has 2 aromatic rings. The third kappa shape index (κ3) is 2.93. The molecule has 2 rings (SSSR count). The van der Waals surface area contributed by atoms with Crippen LogP contribution in [0.5, 0.6) is 0 Å². The summed E-state index contributed by atoms with van der Waals surface area (Å²) >= 11 is 17.7. The molecule has 0 aliphatic rings. The summed E-state index contributed by atoms with van der Waals surface area (Å²) in [6.45, 7) is 0. The fraction of sp³-hybridized carbons (Fsp3) is 0.0769. The van der Waals surface area contributed by atoms with Crippen molar-refractivity contribution in [3.05, 3.63) is 55.4 Å². The maximum Gasteiger partial charge on any atom is 0.256 e. The van der Waals surface area contributed by atoms with Crippen LogP contribution in [0.3, 0.4) is 0 Å². The van der Waals surface area contributed by atoms with Crippen LogP contribution in [0.15, 0.2) is 29.1 Å². The zero-order chi connectivity index (χ0) is 14.0. The topological polar surface area (TPSA) is 56.6 Å². The quantitative estimate of drug-likeness (QED) is 0.850. The summed E-state index contributed by atoms with van der Waals surface area (Å²) in [5.41, 5.74) is 1.25. The number of hydrogen-bond acceptors (Lipinski definition) is 2. The van der Waals surface area contributed by atoms with Crippen LogP contribution < -0.4 is 5.56 Å². The minimum atomic E-state index is -0.304. The molecule has 0 unspecified atom stereocenters. The normalized spacial score (nSPS) is 10.2. The van der Waals surface area contributed by atoms with Gasteiger partial charge in [0.15, 0.2) is 0 Å². The number of halogens is 3. The zero-order valence-corrected chi connectivity index (χ0v) is 11.8. The number of hydrogen-bond donors (Lipinski definition) is 1. The summed E-state index contributed by atoms with van der Waals surface area (Å²) in [6, 6.07) is 8.42. The highest BCUT2D eigenvalue weighted by atomic mass is 35.5. The van der Waals surface area contributed by atoms with Gasteiger partial charge in [0.25, 0.3) is 5.56 Å². The van der Waals surface area contributed by atoms with Crippen molar-refractivity contribution in [3.8, 4) is 17.2 Å². The van der Waals surface area contributed by atoms with E-state index in [9.17, 15) is 4.79 Å². The van der Waals surface area contributed by atoms with E-state index in [0.717, 1.165) is 0 Å². The Morgan fingerprint density at radius 3 is 2.32 bits per heavy atom. The Morgan fingerprint density at radius 2 is 1.79 bits per heavy atom. The lowest BCUT2D eigenvalue weighted by atomic mass is 10.1. The molecule has 96 valence electrons. The van der Waals surface area contributed by atoms with Gasteiger partial charge in [-0.25, -0.2) is 0 Å². The third-order valence-electron chi connectivity index (χ3n) is 2.53. The Labute approximate surface area is 124 Å². The van der Waals surface area contributed by atoms with E-state index in [-0.39, 0.29) is 27.0 Å². The van der Waals surface area contributed by atoms with Crippen molar-refractivity contribution in [2.45, 2.75) is 6.42 Å². The average molecular weight is 314 g/mol. The Balaban J connectivity index is 2.54. The van der Waals surface area contributed by atoms with E-state index < -0.39 is 0 Å². The van der Waals surface area contributed by atoms with Crippen molar-refractivity contribution in [3.63, 3.8) is 0 Å². The van der Waals surface area contributed by atoms with Gasteiger partial charge in [-0.3, -0.25) is 4.79 Å². The van der Waals surface area contributed by atoms with Crippen LogP contribution in [-0.2, 0) is 6.42 Å². The molecule has 6 heteroatoms. The van der Waals surface area contributed by atoms with E-state index in [2.05, 4.69) is 4.98 Å². The highest BCUT2D eigenvalue weighted by Crippen LogP contribution is 2.34. The van der Waals surface area contributed by atoms with Crippen LogP contribution in [0.4, 0.5) is 0 Å². The predicted octanol–water partition coefficient (Wildman–Crippen LogP) is 4.07. The molecule has 0 fully saturated rings. The fourth-order valence-electron chi connectivity index (χ4n) is 1.64. The van der Waals surface area contributed by atoms with Crippen molar-refractivity contribution in [2.75, 3.05) is 0 Å². The van der Waals surface area contributed by atoms with Gasteiger partial charge in [0.1, 0.15) is 0 Å². The largest absolute Gasteiger partial charge is 0.325 e. The predicted molar refractivity (Wildman–Crippen MR) is 76.8 cm³/mol. The van der Waals surface area contributed by atoms with Gasteiger partial charge < -0.3 is 4.98 Å². The first-order valence-corrected chi connectivity index (χ1v) is 6.40. The minimum Gasteiger partial charge on any atom is -0.325 e. The van der Waals surface area contributed by atoms with Crippen molar-refractivity contribution >= 4 is 34.8 Å². The lowest BCUT2D eigenvalue weighted by molar-refractivity contribution is 1.08. The van der Waals surface area contributed by atoms with Crippen LogP contribution >= 0.6 is 34.8 Å². The molecule has 0 bridgehead atoms. The molecule has 0 spiro atoms. The molecule has 1 N–H and O–H groups in total. The lowest BCUT2D eigenvalue weighted by Gasteiger charge is -2.05. The van der Waals surface area contributed by atoms with Gasteiger partial charge in [-0.1, -0.05) is 34.8 Å². The Morgan fingerprint density at radius 1 is 1.16 bits per heavy atom. The number of nitrogens with zero attached hydrogens (tertiary/aromatic N) is 1. The molecule has 0 amide bonds. The Kier molecular flexibility index (Phi) is 4.16. The summed E-state index contributed by atoms with van der Waals surface area (Å²) in [5.74, 6) is 0. The van der Waals surface area contributed by atoms with E-state index in [1.165, 1.54) is 0 Å². The second-order valence-corrected chi connectivity index (χ2v) is 5.01. The molecule has 1 heterocycles. The van der Waals surface area contributed by atoms with Gasteiger partial charge in [-0.2, -0.15) is 5.26 Å². The van der Waals surface area contributed by atoms with Crippen LogP contribution in [-0.4, -0.2) is 4.98 Å². The molecule has 3 nitrogen and oxygen atoms in total. The number of aromatic amines is 1. The fourth-order valence-corrected chi connectivity index (χ4v) is 2.24. The molecule has 0 atom stereocenters. The van der Waals surface area contributed by atoms with Gasteiger partial charge in [0, 0.05) is 11.3 Å². The van der Waals surface area contributed by atoms with Gasteiger partial charge in [0.2, 0.25) is 0 Å². The summed E-state index contributed by atoms with van der Waals surface area (Å²) in [4.78, 5) is 14.6. The van der Waals surface area contributed by atoms with E-state index in [1.807, 2.05) is 6.07 Å². The molecule has 19 heavy (non-hydrogen) atoms. The molecule has 0 aliphatic carbocycles. The Bertz CT molecular complexity index is 708. The first-order chi connectivity index (χ1) is 9.02. The SMILES string of the molecule is N#CCc1ccc(-c2cc(Cl)c(Cl)c(Cl)c2)c(=O)[nH]1. The van der Waals surface area contributed by atoms with Gasteiger partial charge in [-0.15, -0.1) is 0 Å². The number of aromatic nitrogens is 1. The maximum atomic E-state index is 11.9.